The van der Waals surface area contributed by atoms with Crippen LogP contribution < -0.4 is 5.32 Å². The smallest absolute Gasteiger partial charge is 0.244 e. The number of carbonyl (C=O) groups excluding carboxylic acids is 3. The lowest BCUT2D eigenvalue weighted by Gasteiger charge is -2.27. The highest BCUT2D eigenvalue weighted by atomic mass is 16.3. The van der Waals surface area contributed by atoms with Gasteiger partial charge in [-0.3, -0.25) is 14.4 Å². The second-order valence-electron chi connectivity index (χ2n) is 7.33. The Balaban J connectivity index is 0.000000179. The highest BCUT2D eigenvalue weighted by molar-refractivity contribution is 6.22. The first-order valence-corrected chi connectivity index (χ1v) is 9.46. The quantitative estimate of drug-likeness (QED) is 0.191. The third-order valence-corrected chi connectivity index (χ3v) is 4.97. The monoisotopic (exact) mass is 406 g/mol. The molecule has 0 radical (unpaired) electrons. The predicted octanol–water partition coefficient (Wildman–Crippen LogP) is -2.82. The Bertz CT molecular complexity index is 765. The number of ketones is 2. The molecule has 0 aromatic carbocycles. The fourth-order valence-corrected chi connectivity index (χ4v) is 2.86. The van der Waals surface area contributed by atoms with E-state index in [9.17, 15) is 14.4 Å². The van der Waals surface area contributed by atoms with Crippen LogP contribution >= 0.6 is 0 Å². The number of Topliss-reactive ketones (excluding diaryl/α,β-unsaturated/α-hetero) is 1. The molecule has 0 unspecified atom stereocenters. The minimum Gasteiger partial charge on any atom is -0.394 e. The van der Waals surface area contributed by atoms with Crippen LogP contribution in [0.25, 0.3) is 0 Å². The maximum atomic E-state index is 12.4. The van der Waals surface area contributed by atoms with Crippen molar-refractivity contribution in [2.24, 2.45) is 0 Å². The largest absolute Gasteiger partial charge is 0.394 e. The molecular weight excluding hydrogens is 380 g/mol. The average Bonchev–Trinajstić information content (AvgIpc) is 3.59. The average molecular weight is 406 g/mol. The van der Waals surface area contributed by atoms with E-state index in [1.165, 1.54) is 6.08 Å². The maximum Gasteiger partial charge on any atom is 0.244 e. The van der Waals surface area contributed by atoms with E-state index in [4.69, 9.17) is 15.3 Å². The van der Waals surface area contributed by atoms with Crippen molar-refractivity contribution >= 4 is 17.5 Å². The highest BCUT2D eigenvalue weighted by Crippen LogP contribution is 2.33. The first-order chi connectivity index (χ1) is 13.9. The number of hydrogen-bond acceptors (Lipinski definition) is 9. The lowest BCUT2D eigenvalue weighted by atomic mass is 10.0. The molecule has 0 aromatic rings. The Morgan fingerprint density at radius 2 is 1.45 bits per heavy atom. The number of hydrogen-bond donors (Lipinski definition) is 4. The second kappa shape index (κ2) is 8.36. The first kappa shape index (κ1) is 21.0. The van der Waals surface area contributed by atoms with Gasteiger partial charge in [0.25, 0.3) is 0 Å². The lowest BCUT2D eigenvalue weighted by Crippen LogP contribution is -2.56. The third-order valence-electron chi connectivity index (χ3n) is 4.97. The van der Waals surface area contributed by atoms with Gasteiger partial charge in [-0.1, -0.05) is 6.58 Å². The molecule has 3 fully saturated rings. The Hall–Kier alpha value is -2.69. The molecule has 3 aliphatic heterocycles. The molecule has 4 aliphatic rings. The van der Waals surface area contributed by atoms with E-state index in [0.717, 1.165) is 45.3 Å². The zero-order valence-electron chi connectivity index (χ0n) is 16.1. The van der Waals surface area contributed by atoms with Gasteiger partial charge in [-0.2, -0.15) is 0 Å². The van der Waals surface area contributed by atoms with Crippen molar-refractivity contribution < 1.29 is 29.7 Å². The maximum absolute atomic E-state index is 12.4. The van der Waals surface area contributed by atoms with E-state index < -0.39 is 31.3 Å². The van der Waals surface area contributed by atoms with Crippen molar-refractivity contribution in [2.75, 3.05) is 59.1 Å². The molecule has 0 atom stereocenters. The van der Waals surface area contributed by atoms with E-state index in [2.05, 4.69) is 11.9 Å². The van der Waals surface area contributed by atoms with Gasteiger partial charge in [0.15, 0.2) is 0 Å². The van der Waals surface area contributed by atoms with Crippen molar-refractivity contribution in [3.05, 3.63) is 35.8 Å². The molecule has 1 amide bonds. The van der Waals surface area contributed by atoms with Crippen molar-refractivity contribution in [1.82, 2.24) is 20.0 Å². The van der Waals surface area contributed by atoms with Crippen LogP contribution in [0.4, 0.5) is 0 Å². The van der Waals surface area contributed by atoms with Crippen LogP contribution in [0.5, 0.6) is 0 Å². The summed E-state index contributed by atoms with van der Waals surface area (Å²) in [6.07, 6.45) is 2.52. The minimum atomic E-state index is -1.36. The van der Waals surface area contributed by atoms with Crippen LogP contribution in [0.3, 0.4) is 0 Å². The zero-order valence-corrected chi connectivity index (χ0v) is 16.1. The summed E-state index contributed by atoms with van der Waals surface area (Å²) in [5, 5.41) is 28.5. The fraction of sp³-hybridized carbons (Fsp3) is 0.526. The number of nitrogens with zero attached hydrogens (tertiary/aromatic N) is 3. The van der Waals surface area contributed by atoms with Gasteiger partial charge in [-0.15, -0.1) is 0 Å². The van der Waals surface area contributed by atoms with Crippen molar-refractivity contribution in [2.45, 2.75) is 5.54 Å². The second-order valence-corrected chi connectivity index (χ2v) is 7.33. The van der Waals surface area contributed by atoms with Gasteiger partial charge < -0.3 is 35.3 Å². The molecule has 3 heterocycles. The van der Waals surface area contributed by atoms with Crippen molar-refractivity contribution in [3.63, 3.8) is 0 Å². The Labute approximate surface area is 168 Å². The molecule has 0 saturated carbocycles. The van der Waals surface area contributed by atoms with E-state index in [0.29, 0.717) is 17.1 Å². The standard InChI is InChI=1S/C12H13N3O2.C7H13NO4/c16-9-7-8(13-1-2-13)12(17)11(15-5-6-15)10(9)14-3-4-14;1-2-6(12)8-7(3-9,4-10)5-11/h7H,1-6H2;2,9-11H,1,3-5H2,(H,8,12). The minimum absolute atomic E-state index is 0.00546. The van der Waals surface area contributed by atoms with E-state index in [1.54, 1.807) is 0 Å². The molecule has 158 valence electrons. The summed E-state index contributed by atoms with van der Waals surface area (Å²) in [7, 11) is 0. The van der Waals surface area contributed by atoms with Crippen molar-refractivity contribution in [1.29, 1.82) is 0 Å². The Kier molecular flexibility index (Phi) is 6.06. The van der Waals surface area contributed by atoms with Crippen LogP contribution in [0, 0.1) is 0 Å². The summed E-state index contributed by atoms with van der Waals surface area (Å²) in [6.45, 7) is 7.01. The van der Waals surface area contributed by atoms with E-state index >= 15 is 0 Å². The first-order valence-electron chi connectivity index (χ1n) is 9.46. The number of rotatable bonds is 8. The fourth-order valence-electron chi connectivity index (χ4n) is 2.86. The number of allylic oxidation sites excluding steroid dienone is 1. The SMILES string of the molecule is C=CC(=O)NC(CO)(CO)CO.O=C1C=C(N2CC2)C(=O)C(N2CC2)=C1N1CC1. The zero-order chi connectivity index (χ0) is 21.2. The summed E-state index contributed by atoms with van der Waals surface area (Å²) in [5.74, 6) is -0.500. The Morgan fingerprint density at radius 3 is 1.86 bits per heavy atom. The molecule has 29 heavy (non-hydrogen) atoms. The molecule has 4 rings (SSSR count). The van der Waals surface area contributed by atoms with Gasteiger partial charge in [-0.05, 0) is 6.08 Å². The highest BCUT2D eigenvalue weighted by Gasteiger charge is 2.43. The van der Waals surface area contributed by atoms with Crippen LogP contribution in [-0.4, -0.2) is 112 Å². The van der Waals surface area contributed by atoms with Gasteiger partial charge >= 0.3 is 0 Å². The molecule has 10 nitrogen and oxygen atoms in total. The number of nitrogens with one attached hydrogen (secondary N) is 1. The molecule has 0 bridgehead atoms. The molecule has 1 aliphatic carbocycles. The van der Waals surface area contributed by atoms with Crippen LogP contribution in [-0.2, 0) is 14.4 Å². The van der Waals surface area contributed by atoms with E-state index in [1.807, 2.05) is 14.7 Å². The molecular formula is C19H26N4O6. The van der Waals surface area contributed by atoms with Gasteiger partial charge in [-0.25, -0.2) is 0 Å². The molecule has 0 aromatic heterocycles. The molecule has 3 saturated heterocycles. The van der Waals surface area contributed by atoms with Gasteiger partial charge in [0, 0.05) is 45.3 Å². The predicted molar refractivity (Wildman–Crippen MR) is 102 cm³/mol. The summed E-state index contributed by atoms with van der Waals surface area (Å²) < 4.78 is 0. The van der Waals surface area contributed by atoms with E-state index in [-0.39, 0.29) is 11.6 Å². The summed E-state index contributed by atoms with van der Waals surface area (Å²) in [5.41, 5.74) is 0.531. The number of aliphatic hydroxyl groups is 3. The van der Waals surface area contributed by atoms with Gasteiger partial charge in [0.05, 0.1) is 25.5 Å². The Morgan fingerprint density at radius 1 is 0.966 bits per heavy atom. The van der Waals surface area contributed by atoms with Gasteiger partial charge in [0.1, 0.15) is 16.9 Å². The number of aliphatic hydroxyl groups excluding tert-OH is 3. The van der Waals surface area contributed by atoms with Gasteiger partial charge in [0.2, 0.25) is 17.5 Å². The molecule has 10 heteroatoms. The van der Waals surface area contributed by atoms with Crippen LogP contribution in [0.15, 0.2) is 35.8 Å². The molecule has 4 N–H and O–H groups in total. The van der Waals surface area contributed by atoms with Crippen molar-refractivity contribution in [3.8, 4) is 0 Å². The number of carbonyl (C=O) groups is 3. The topological polar surface area (TPSA) is 133 Å². The van der Waals surface area contributed by atoms with Crippen LogP contribution in [0.2, 0.25) is 0 Å². The summed E-state index contributed by atoms with van der Waals surface area (Å²) in [6, 6.07) is 0. The van der Waals surface area contributed by atoms with Crippen LogP contribution in [0.1, 0.15) is 0 Å². The summed E-state index contributed by atoms with van der Waals surface area (Å²) >= 11 is 0. The normalized spacial score (nSPS) is 20.1. The number of amides is 1. The summed E-state index contributed by atoms with van der Waals surface area (Å²) in [4.78, 5) is 41.2. The lowest BCUT2D eigenvalue weighted by molar-refractivity contribution is -0.120. The third kappa shape index (κ3) is 4.66. The molecule has 0 spiro atoms.